The summed E-state index contributed by atoms with van der Waals surface area (Å²) in [4.78, 5) is 38.5. The molecule has 27 heavy (non-hydrogen) atoms. The third kappa shape index (κ3) is 4.82. The van der Waals surface area contributed by atoms with Crippen LogP contribution in [-0.2, 0) is 14.4 Å². The Labute approximate surface area is 171 Å². The molecule has 150 valence electrons. The quantitative estimate of drug-likeness (QED) is 0.422. The molecule has 2 aliphatic rings. The summed E-state index contributed by atoms with van der Waals surface area (Å²) in [7, 11) is 3.27. The molecule has 0 saturated heterocycles. The summed E-state index contributed by atoms with van der Waals surface area (Å²) in [6.07, 6.45) is 3.52. The molecule has 0 radical (unpaired) electrons. The summed E-state index contributed by atoms with van der Waals surface area (Å²) in [6.45, 7) is 5.71. The van der Waals surface area contributed by atoms with Gasteiger partial charge < -0.3 is 0 Å². The van der Waals surface area contributed by atoms with Crippen molar-refractivity contribution in [1.29, 1.82) is 0 Å². The first kappa shape index (κ1) is 21.7. The number of imide groups is 1. The van der Waals surface area contributed by atoms with E-state index >= 15 is 0 Å². The van der Waals surface area contributed by atoms with Gasteiger partial charge in [0, 0.05) is 31.3 Å². The molecular weight excluding hydrogens is 384 g/mol. The van der Waals surface area contributed by atoms with Gasteiger partial charge in [0.25, 0.3) is 5.91 Å². The number of nitrogens with one attached hydrogen (secondary N) is 1. The van der Waals surface area contributed by atoms with E-state index in [1.165, 1.54) is 10.0 Å². The van der Waals surface area contributed by atoms with E-state index in [4.69, 9.17) is 24.4 Å². The van der Waals surface area contributed by atoms with Gasteiger partial charge in [-0.05, 0) is 25.7 Å². The number of carbonyl (C=O) groups excluding carboxylic acids is 3. The summed E-state index contributed by atoms with van der Waals surface area (Å²) in [5.74, 6) is -1.51. The Bertz CT molecular complexity index is 686. The number of hydrogen-bond donors (Lipinski definition) is 1. The summed E-state index contributed by atoms with van der Waals surface area (Å²) in [5.41, 5.74) is 2.40. The van der Waals surface area contributed by atoms with E-state index in [0.717, 1.165) is 30.7 Å². The first-order chi connectivity index (χ1) is 12.4. The van der Waals surface area contributed by atoms with Crippen LogP contribution in [-0.4, -0.2) is 56.8 Å². The first-order valence-corrected chi connectivity index (χ1v) is 9.98. The van der Waals surface area contributed by atoms with Gasteiger partial charge in [0.1, 0.15) is 16.4 Å². The van der Waals surface area contributed by atoms with Crippen LogP contribution in [0, 0.1) is 10.8 Å². The molecule has 1 N–H and O–H groups in total. The number of amides is 3. The molecule has 0 heterocycles. The molecule has 2 aliphatic carbocycles. The zero-order valence-corrected chi connectivity index (χ0v) is 18.3. The SMILES string of the molecule is CCC(=O)N(C(=O)CC(=O)NN(C)C(=S)C1(C)CC1)N(C)C(=S)C1(C)CC1. The van der Waals surface area contributed by atoms with E-state index in [0.29, 0.717) is 9.98 Å². The number of hydrogen-bond acceptors (Lipinski definition) is 5. The van der Waals surface area contributed by atoms with Gasteiger partial charge in [-0.25, -0.2) is 0 Å². The maximum absolute atomic E-state index is 12.7. The van der Waals surface area contributed by atoms with Crippen LogP contribution in [0.3, 0.4) is 0 Å². The molecule has 9 heteroatoms. The fourth-order valence-corrected chi connectivity index (χ4v) is 3.34. The van der Waals surface area contributed by atoms with Crippen molar-refractivity contribution in [3.63, 3.8) is 0 Å². The average molecular weight is 413 g/mol. The Morgan fingerprint density at radius 2 is 1.41 bits per heavy atom. The number of carbonyl (C=O) groups is 3. The summed E-state index contributed by atoms with van der Waals surface area (Å²) in [5, 5.41) is 3.90. The van der Waals surface area contributed by atoms with Crippen LogP contribution in [0.4, 0.5) is 0 Å². The minimum absolute atomic E-state index is 0.0578. The maximum atomic E-state index is 12.7. The van der Waals surface area contributed by atoms with Gasteiger partial charge in [-0.2, -0.15) is 5.01 Å². The lowest BCUT2D eigenvalue weighted by molar-refractivity contribution is -0.157. The van der Waals surface area contributed by atoms with Gasteiger partial charge in [0.15, 0.2) is 0 Å². The molecule has 0 bridgehead atoms. The van der Waals surface area contributed by atoms with Crippen LogP contribution in [0.15, 0.2) is 0 Å². The predicted molar refractivity (Wildman–Crippen MR) is 110 cm³/mol. The Hall–Kier alpha value is -1.61. The van der Waals surface area contributed by atoms with Gasteiger partial charge in [0.2, 0.25) is 11.8 Å². The van der Waals surface area contributed by atoms with E-state index in [9.17, 15) is 14.4 Å². The molecule has 7 nitrogen and oxygen atoms in total. The zero-order valence-electron chi connectivity index (χ0n) is 16.6. The van der Waals surface area contributed by atoms with E-state index in [1.54, 1.807) is 21.0 Å². The number of rotatable bonds is 5. The van der Waals surface area contributed by atoms with Crippen LogP contribution in [0.25, 0.3) is 0 Å². The first-order valence-electron chi connectivity index (χ1n) is 9.17. The summed E-state index contributed by atoms with van der Waals surface area (Å²) >= 11 is 10.8. The van der Waals surface area contributed by atoms with Crippen molar-refractivity contribution in [3.8, 4) is 0 Å². The Morgan fingerprint density at radius 1 is 0.926 bits per heavy atom. The molecule has 0 aromatic rings. The van der Waals surface area contributed by atoms with Crippen molar-refractivity contribution in [2.75, 3.05) is 14.1 Å². The van der Waals surface area contributed by atoms with E-state index in [2.05, 4.69) is 5.43 Å². The molecule has 0 atom stereocenters. The van der Waals surface area contributed by atoms with Gasteiger partial charge in [-0.3, -0.25) is 29.8 Å². The molecule has 0 aliphatic heterocycles. The highest BCUT2D eigenvalue weighted by Crippen LogP contribution is 2.47. The monoisotopic (exact) mass is 412 g/mol. The Morgan fingerprint density at radius 3 is 1.85 bits per heavy atom. The minimum Gasteiger partial charge on any atom is -0.281 e. The third-order valence-corrected chi connectivity index (χ3v) is 6.83. The summed E-state index contributed by atoms with van der Waals surface area (Å²) < 4.78 is 0. The molecule has 0 aromatic heterocycles. The predicted octanol–water partition coefficient (Wildman–Crippen LogP) is 2.21. The smallest absolute Gasteiger partial charge is 0.257 e. The van der Waals surface area contributed by atoms with Crippen molar-refractivity contribution in [2.24, 2.45) is 10.8 Å². The second-order valence-corrected chi connectivity index (χ2v) is 8.75. The van der Waals surface area contributed by atoms with Crippen LogP contribution >= 0.6 is 24.4 Å². The standard InChI is InChI=1S/C18H28N4O3S2/c1-6-13(24)22(21(5)16(27)18(3)9-10-18)14(25)11-12(23)19-20(4)15(26)17(2)7-8-17/h6-11H2,1-5H3,(H,19,23). The van der Waals surface area contributed by atoms with Crippen molar-refractivity contribution in [1.82, 2.24) is 20.5 Å². The van der Waals surface area contributed by atoms with Crippen molar-refractivity contribution < 1.29 is 14.4 Å². The normalized spacial score (nSPS) is 18.1. The topological polar surface area (TPSA) is 73.0 Å². The molecule has 3 amide bonds. The molecule has 0 unspecified atom stereocenters. The molecule has 0 aromatic carbocycles. The van der Waals surface area contributed by atoms with Crippen LogP contribution < -0.4 is 5.43 Å². The summed E-state index contributed by atoms with van der Waals surface area (Å²) in [6, 6.07) is 0. The van der Waals surface area contributed by atoms with E-state index in [-0.39, 0.29) is 17.3 Å². The second kappa shape index (κ2) is 7.79. The lowest BCUT2D eigenvalue weighted by Gasteiger charge is -2.34. The number of hydrazine groups is 2. The molecule has 2 fully saturated rings. The zero-order chi connectivity index (χ0) is 20.6. The van der Waals surface area contributed by atoms with Gasteiger partial charge in [-0.1, -0.05) is 45.2 Å². The van der Waals surface area contributed by atoms with Crippen LogP contribution in [0.5, 0.6) is 0 Å². The van der Waals surface area contributed by atoms with Crippen LogP contribution in [0.2, 0.25) is 0 Å². The fourth-order valence-electron chi connectivity index (χ4n) is 2.80. The highest BCUT2D eigenvalue weighted by Gasteiger charge is 2.46. The van der Waals surface area contributed by atoms with Gasteiger partial charge >= 0.3 is 0 Å². The largest absolute Gasteiger partial charge is 0.281 e. The molecule has 2 saturated carbocycles. The highest BCUT2D eigenvalue weighted by molar-refractivity contribution is 7.80. The lowest BCUT2D eigenvalue weighted by atomic mass is 10.1. The minimum atomic E-state index is -0.606. The van der Waals surface area contributed by atoms with Crippen molar-refractivity contribution in [3.05, 3.63) is 0 Å². The Balaban J connectivity index is 2.00. The second-order valence-electron chi connectivity index (χ2n) is 7.98. The molecule has 2 rings (SSSR count). The van der Waals surface area contributed by atoms with E-state index in [1.807, 2.05) is 13.8 Å². The van der Waals surface area contributed by atoms with Crippen molar-refractivity contribution in [2.45, 2.75) is 59.3 Å². The maximum Gasteiger partial charge on any atom is 0.257 e. The lowest BCUT2D eigenvalue weighted by Crippen LogP contribution is -2.53. The average Bonchev–Trinajstić information content (AvgIpc) is 3.52. The third-order valence-electron chi connectivity index (χ3n) is 5.31. The van der Waals surface area contributed by atoms with Gasteiger partial charge in [0.05, 0.1) is 0 Å². The number of thiocarbonyl (C=S) groups is 2. The molecular formula is C18H28N4O3S2. The Kier molecular flexibility index (Phi) is 6.26. The van der Waals surface area contributed by atoms with Crippen molar-refractivity contribution >= 4 is 52.1 Å². The fraction of sp³-hybridized carbons (Fsp3) is 0.722. The molecule has 0 spiro atoms. The van der Waals surface area contributed by atoms with E-state index < -0.39 is 24.1 Å². The highest BCUT2D eigenvalue weighted by atomic mass is 32.1. The van der Waals surface area contributed by atoms with Crippen LogP contribution in [0.1, 0.15) is 59.3 Å². The van der Waals surface area contributed by atoms with Gasteiger partial charge in [-0.15, -0.1) is 0 Å². The number of nitrogens with zero attached hydrogens (tertiary/aromatic N) is 3.